The van der Waals surface area contributed by atoms with Crippen molar-refractivity contribution in [3.05, 3.63) is 64.7 Å². The third-order valence-corrected chi connectivity index (χ3v) is 5.48. The summed E-state index contributed by atoms with van der Waals surface area (Å²) in [6, 6.07) is 15.3. The Morgan fingerprint density at radius 2 is 1.79 bits per heavy atom. The number of hydrogen-bond acceptors (Lipinski definition) is 7. The zero-order chi connectivity index (χ0) is 19.3. The van der Waals surface area contributed by atoms with E-state index in [-0.39, 0.29) is 5.88 Å². The quantitative estimate of drug-likeness (QED) is 0.293. The smallest absolute Gasteiger partial charge is 0.253 e. The molecule has 0 bridgehead atoms. The van der Waals surface area contributed by atoms with Gasteiger partial charge in [0.05, 0.1) is 11.4 Å². The topological polar surface area (TPSA) is 82.2 Å². The third-order valence-electron chi connectivity index (χ3n) is 4.40. The van der Waals surface area contributed by atoms with Crippen molar-refractivity contribution in [2.24, 2.45) is 15.3 Å². The molecule has 2 N–H and O–H groups in total. The number of benzene rings is 2. The standard InChI is InChI=1S/C20H18ClN5OS/c21-14-9-11-15(12-10-14)23-25-19-18(27)22-20(28-19)26-24-17-8-4-2-6-13-5-1-3-7-16(13)17/h1,3,5,7,9-12,27H,2,4,6,8H2,(H,22,26)/b24-17+,25-23?. The zero-order valence-electron chi connectivity index (χ0n) is 15.0. The van der Waals surface area contributed by atoms with Crippen molar-refractivity contribution in [1.29, 1.82) is 0 Å². The second-order valence-corrected chi connectivity index (χ2v) is 7.77. The number of anilines is 1. The molecule has 0 unspecified atom stereocenters. The van der Waals surface area contributed by atoms with E-state index in [1.54, 1.807) is 24.3 Å². The molecule has 8 heteroatoms. The van der Waals surface area contributed by atoms with E-state index in [0.717, 1.165) is 31.4 Å². The fourth-order valence-electron chi connectivity index (χ4n) is 3.02. The molecule has 0 amide bonds. The van der Waals surface area contributed by atoms with Crippen molar-refractivity contribution in [1.82, 2.24) is 4.98 Å². The maximum atomic E-state index is 10.0. The summed E-state index contributed by atoms with van der Waals surface area (Å²) in [6.45, 7) is 0. The first-order chi connectivity index (χ1) is 13.7. The Labute approximate surface area is 171 Å². The van der Waals surface area contributed by atoms with Gasteiger partial charge in [0.25, 0.3) is 5.88 Å². The number of thiazole rings is 1. The van der Waals surface area contributed by atoms with Crippen LogP contribution in [0.2, 0.25) is 5.02 Å². The van der Waals surface area contributed by atoms with Gasteiger partial charge >= 0.3 is 0 Å². The minimum atomic E-state index is -0.174. The van der Waals surface area contributed by atoms with Crippen LogP contribution in [0.4, 0.5) is 15.8 Å². The normalized spacial score (nSPS) is 15.5. The Kier molecular flexibility index (Phi) is 5.64. The van der Waals surface area contributed by atoms with Crippen LogP contribution in [0.15, 0.2) is 63.9 Å². The van der Waals surface area contributed by atoms with Gasteiger partial charge in [0.2, 0.25) is 10.1 Å². The highest BCUT2D eigenvalue weighted by atomic mass is 35.5. The molecule has 0 saturated carbocycles. The fraction of sp³-hybridized carbons (Fsp3) is 0.200. The Morgan fingerprint density at radius 3 is 2.64 bits per heavy atom. The van der Waals surface area contributed by atoms with Crippen molar-refractivity contribution < 1.29 is 5.11 Å². The summed E-state index contributed by atoms with van der Waals surface area (Å²) >= 11 is 7.05. The highest BCUT2D eigenvalue weighted by molar-refractivity contribution is 7.19. The summed E-state index contributed by atoms with van der Waals surface area (Å²) < 4.78 is 0. The van der Waals surface area contributed by atoms with E-state index in [9.17, 15) is 5.11 Å². The van der Waals surface area contributed by atoms with Gasteiger partial charge in [-0.3, -0.25) is 5.43 Å². The molecular weight excluding hydrogens is 394 g/mol. The molecule has 0 radical (unpaired) electrons. The molecule has 1 heterocycles. The molecule has 6 nitrogen and oxygen atoms in total. The van der Waals surface area contributed by atoms with Crippen LogP contribution in [0, 0.1) is 0 Å². The van der Waals surface area contributed by atoms with Gasteiger partial charge in [0, 0.05) is 10.6 Å². The lowest BCUT2D eigenvalue weighted by Crippen LogP contribution is -2.05. The minimum absolute atomic E-state index is 0.174. The number of hydrazone groups is 1. The van der Waals surface area contributed by atoms with Crippen LogP contribution < -0.4 is 5.43 Å². The lowest BCUT2D eigenvalue weighted by Gasteiger charge is -2.07. The van der Waals surface area contributed by atoms with Gasteiger partial charge in [-0.2, -0.15) is 10.1 Å². The molecule has 0 atom stereocenters. The van der Waals surface area contributed by atoms with E-state index in [0.29, 0.717) is 20.8 Å². The van der Waals surface area contributed by atoms with Crippen LogP contribution in [0.3, 0.4) is 0 Å². The lowest BCUT2D eigenvalue weighted by molar-refractivity contribution is 0.459. The van der Waals surface area contributed by atoms with Crippen LogP contribution in [0.5, 0.6) is 5.88 Å². The minimum Gasteiger partial charge on any atom is -0.491 e. The summed E-state index contributed by atoms with van der Waals surface area (Å²) in [5, 5.41) is 24.2. The van der Waals surface area contributed by atoms with Gasteiger partial charge in [-0.25, -0.2) is 0 Å². The van der Waals surface area contributed by atoms with E-state index in [4.69, 9.17) is 11.6 Å². The summed E-state index contributed by atoms with van der Waals surface area (Å²) in [5.41, 5.74) is 7.11. The van der Waals surface area contributed by atoms with Crippen molar-refractivity contribution in [3.8, 4) is 5.88 Å². The number of azo groups is 1. The third kappa shape index (κ3) is 4.37. The van der Waals surface area contributed by atoms with E-state index in [2.05, 4.69) is 43.9 Å². The molecule has 28 heavy (non-hydrogen) atoms. The van der Waals surface area contributed by atoms with Gasteiger partial charge in [-0.1, -0.05) is 47.2 Å². The number of fused-ring (bicyclic) bond motifs is 1. The van der Waals surface area contributed by atoms with Crippen LogP contribution in [0.1, 0.15) is 30.4 Å². The molecule has 0 spiro atoms. The monoisotopic (exact) mass is 411 g/mol. The lowest BCUT2D eigenvalue weighted by atomic mass is 10.0. The van der Waals surface area contributed by atoms with Crippen molar-refractivity contribution >= 4 is 44.5 Å². The Bertz CT molecular complexity index is 1030. The number of rotatable bonds is 4. The van der Waals surface area contributed by atoms with Crippen LogP contribution in [-0.2, 0) is 6.42 Å². The van der Waals surface area contributed by atoms with Gasteiger partial charge in [0.1, 0.15) is 0 Å². The highest BCUT2D eigenvalue weighted by Gasteiger charge is 2.14. The van der Waals surface area contributed by atoms with E-state index >= 15 is 0 Å². The number of nitrogens with one attached hydrogen (secondary N) is 1. The fourth-order valence-corrected chi connectivity index (χ4v) is 3.77. The molecule has 4 rings (SSSR count). The number of nitrogens with zero attached hydrogens (tertiary/aromatic N) is 4. The second-order valence-electron chi connectivity index (χ2n) is 6.36. The average Bonchev–Trinajstić information content (AvgIpc) is 2.94. The molecule has 1 aliphatic rings. The molecule has 2 aromatic carbocycles. The molecule has 1 aromatic heterocycles. The van der Waals surface area contributed by atoms with Crippen molar-refractivity contribution in [3.63, 3.8) is 0 Å². The number of aromatic nitrogens is 1. The van der Waals surface area contributed by atoms with Crippen LogP contribution >= 0.6 is 22.9 Å². The maximum Gasteiger partial charge on any atom is 0.253 e. The number of aromatic hydroxyl groups is 1. The van der Waals surface area contributed by atoms with Gasteiger partial charge in [0.15, 0.2) is 0 Å². The maximum absolute atomic E-state index is 10.0. The highest BCUT2D eigenvalue weighted by Crippen LogP contribution is 2.37. The molecule has 0 saturated heterocycles. The first-order valence-electron chi connectivity index (χ1n) is 8.97. The average molecular weight is 412 g/mol. The van der Waals surface area contributed by atoms with E-state index in [1.165, 1.54) is 22.5 Å². The van der Waals surface area contributed by atoms with Crippen LogP contribution in [0.25, 0.3) is 0 Å². The molecular formula is C20H18ClN5OS. The molecule has 1 aliphatic carbocycles. The van der Waals surface area contributed by atoms with Crippen molar-refractivity contribution in [2.75, 3.05) is 5.43 Å². The Hall–Kier alpha value is -2.77. The number of halogens is 1. The SMILES string of the molecule is Oc1nc(N/N=C2\CCCCc3ccccc32)sc1N=Nc1ccc(Cl)cc1. The molecule has 3 aromatic rings. The summed E-state index contributed by atoms with van der Waals surface area (Å²) in [5.74, 6) is -0.174. The van der Waals surface area contributed by atoms with Crippen molar-refractivity contribution in [2.45, 2.75) is 25.7 Å². The predicted octanol–water partition coefficient (Wildman–Crippen LogP) is 6.46. The van der Waals surface area contributed by atoms with Crippen LogP contribution in [-0.4, -0.2) is 15.8 Å². The molecule has 142 valence electrons. The summed E-state index contributed by atoms with van der Waals surface area (Å²) in [6.07, 6.45) is 4.23. The number of hydrogen-bond donors (Lipinski definition) is 2. The predicted molar refractivity (Wildman–Crippen MR) is 114 cm³/mol. The second kappa shape index (κ2) is 8.50. The Morgan fingerprint density at radius 1 is 1.00 bits per heavy atom. The number of aryl methyl sites for hydroxylation is 1. The van der Waals surface area contributed by atoms with Gasteiger partial charge in [-0.05, 0) is 55.5 Å². The summed E-state index contributed by atoms with van der Waals surface area (Å²) in [7, 11) is 0. The summed E-state index contributed by atoms with van der Waals surface area (Å²) in [4.78, 5) is 4.08. The molecule has 0 aliphatic heterocycles. The largest absolute Gasteiger partial charge is 0.491 e. The van der Waals surface area contributed by atoms with E-state index in [1.807, 2.05) is 6.07 Å². The first kappa shape index (κ1) is 18.6. The van der Waals surface area contributed by atoms with Gasteiger partial charge in [-0.15, -0.1) is 10.2 Å². The molecule has 0 fully saturated rings. The first-order valence-corrected chi connectivity index (χ1v) is 10.2. The van der Waals surface area contributed by atoms with E-state index < -0.39 is 0 Å². The van der Waals surface area contributed by atoms with Gasteiger partial charge < -0.3 is 5.11 Å². The Balaban J connectivity index is 1.51. The zero-order valence-corrected chi connectivity index (χ0v) is 16.5.